The van der Waals surface area contributed by atoms with E-state index < -0.39 is 0 Å². The van der Waals surface area contributed by atoms with Gasteiger partial charge < -0.3 is 5.32 Å². The number of hydrogen-bond acceptors (Lipinski definition) is 3. The molecule has 3 rings (SSSR count). The summed E-state index contributed by atoms with van der Waals surface area (Å²) in [5.41, 5.74) is 2.12. The lowest BCUT2D eigenvalue weighted by Gasteiger charge is -2.03. The third-order valence-electron chi connectivity index (χ3n) is 3.09. The number of carbonyl (C=O) groups excluding carboxylic acids is 1. The van der Waals surface area contributed by atoms with Crippen LogP contribution in [0.25, 0.3) is 10.6 Å². The second-order valence-electron chi connectivity index (χ2n) is 4.89. The molecule has 1 heterocycles. The molecular formula is C17H12BrFN2OS. The van der Waals surface area contributed by atoms with E-state index in [1.165, 1.54) is 23.5 Å². The van der Waals surface area contributed by atoms with Gasteiger partial charge in [-0.1, -0.05) is 28.1 Å². The van der Waals surface area contributed by atoms with Gasteiger partial charge in [0.15, 0.2) is 0 Å². The van der Waals surface area contributed by atoms with E-state index in [4.69, 9.17) is 0 Å². The molecule has 0 bridgehead atoms. The summed E-state index contributed by atoms with van der Waals surface area (Å²) in [4.78, 5) is 16.4. The van der Waals surface area contributed by atoms with Gasteiger partial charge in [0.25, 0.3) is 0 Å². The van der Waals surface area contributed by atoms with Gasteiger partial charge in [0.2, 0.25) is 5.91 Å². The molecule has 0 fully saturated rings. The van der Waals surface area contributed by atoms with E-state index in [9.17, 15) is 9.18 Å². The Hall–Kier alpha value is -2.05. The molecule has 6 heteroatoms. The molecule has 0 aliphatic carbocycles. The lowest BCUT2D eigenvalue weighted by molar-refractivity contribution is -0.115. The van der Waals surface area contributed by atoms with Gasteiger partial charge in [-0.25, -0.2) is 9.37 Å². The topological polar surface area (TPSA) is 42.0 Å². The summed E-state index contributed by atoms with van der Waals surface area (Å²) in [5, 5.41) is 5.35. The molecule has 0 aliphatic rings. The van der Waals surface area contributed by atoms with Gasteiger partial charge >= 0.3 is 0 Å². The van der Waals surface area contributed by atoms with Gasteiger partial charge in [-0.3, -0.25) is 4.79 Å². The first kappa shape index (κ1) is 15.8. The van der Waals surface area contributed by atoms with E-state index in [2.05, 4.69) is 26.2 Å². The monoisotopic (exact) mass is 390 g/mol. The van der Waals surface area contributed by atoms with Gasteiger partial charge in [-0.2, -0.15) is 0 Å². The summed E-state index contributed by atoms with van der Waals surface area (Å²) >= 11 is 4.75. The number of benzene rings is 2. The quantitative estimate of drug-likeness (QED) is 0.688. The molecule has 0 saturated heterocycles. The second-order valence-corrected chi connectivity index (χ2v) is 6.66. The molecule has 0 atom stereocenters. The number of amides is 1. The minimum atomic E-state index is -0.299. The first-order valence-corrected chi connectivity index (χ1v) is 8.53. The van der Waals surface area contributed by atoms with Gasteiger partial charge in [0, 0.05) is 21.1 Å². The van der Waals surface area contributed by atoms with Crippen LogP contribution >= 0.6 is 27.3 Å². The maximum absolute atomic E-state index is 13.2. The molecule has 0 radical (unpaired) electrons. The third kappa shape index (κ3) is 4.24. The molecule has 1 amide bonds. The number of nitrogens with zero attached hydrogens (tertiary/aromatic N) is 1. The predicted octanol–water partition coefficient (Wildman–Crippen LogP) is 4.89. The van der Waals surface area contributed by atoms with Crippen molar-refractivity contribution in [3.05, 3.63) is 69.9 Å². The van der Waals surface area contributed by atoms with Crippen molar-refractivity contribution in [2.24, 2.45) is 0 Å². The summed E-state index contributed by atoms with van der Waals surface area (Å²) < 4.78 is 14.2. The number of nitrogens with one attached hydrogen (secondary N) is 1. The molecule has 0 spiro atoms. The molecule has 23 heavy (non-hydrogen) atoms. The Labute approximate surface area is 145 Å². The van der Waals surface area contributed by atoms with E-state index in [-0.39, 0.29) is 18.1 Å². The van der Waals surface area contributed by atoms with E-state index in [0.29, 0.717) is 10.7 Å². The molecule has 1 aromatic heterocycles. The van der Waals surface area contributed by atoms with E-state index in [0.717, 1.165) is 15.7 Å². The van der Waals surface area contributed by atoms with E-state index in [1.54, 1.807) is 12.1 Å². The van der Waals surface area contributed by atoms with Crippen LogP contribution in [0.5, 0.6) is 0 Å². The fraction of sp³-hybridized carbons (Fsp3) is 0.0588. The Morgan fingerprint density at radius 1 is 1.22 bits per heavy atom. The Morgan fingerprint density at radius 2 is 2.00 bits per heavy atom. The fourth-order valence-corrected chi connectivity index (χ4v) is 3.13. The number of anilines is 1. The van der Waals surface area contributed by atoms with Crippen molar-refractivity contribution < 1.29 is 9.18 Å². The van der Waals surface area contributed by atoms with Crippen LogP contribution in [0.1, 0.15) is 5.69 Å². The van der Waals surface area contributed by atoms with Crippen molar-refractivity contribution in [1.82, 2.24) is 4.98 Å². The van der Waals surface area contributed by atoms with Crippen molar-refractivity contribution in [3.8, 4) is 10.6 Å². The van der Waals surface area contributed by atoms with Crippen molar-refractivity contribution >= 4 is 38.9 Å². The molecule has 0 aliphatic heterocycles. The maximum Gasteiger partial charge on any atom is 0.230 e. The third-order valence-corrected chi connectivity index (χ3v) is 4.56. The largest absolute Gasteiger partial charge is 0.326 e. The molecule has 3 nitrogen and oxygen atoms in total. The van der Waals surface area contributed by atoms with Crippen LogP contribution < -0.4 is 5.32 Å². The SMILES string of the molecule is O=C(Cc1csc(-c2cccc(F)c2)n1)Nc1ccc(Br)cc1. The van der Waals surface area contributed by atoms with Crippen LogP contribution in [0, 0.1) is 5.82 Å². The zero-order valence-electron chi connectivity index (χ0n) is 11.9. The summed E-state index contributed by atoms with van der Waals surface area (Å²) in [7, 11) is 0. The molecule has 3 aromatic rings. The minimum Gasteiger partial charge on any atom is -0.326 e. The Bertz CT molecular complexity index is 833. The fourth-order valence-electron chi connectivity index (χ4n) is 2.05. The van der Waals surface area contributed by atoms with Crippen LogP contribution in [-0.4, -0.2) is 10.9 Å². The standard InChI is InChI=1S/C17H12BrFN2OS/c18-12-4-6-14(7-5-12)20-16(22)9-15-10-23-17(21-15)11-2-1-3-13(19)8-11/h1-8,10H,9H2,(H,20,22). The second kappa shape index (κ2) is 7.02. The Kier molecular flexibility index (Phi) is 4.83. The molecule has 116 valence electrons. The summed E-state index contributed by atoms with van der Waals surface area (Å²) in [6, 6.07) is 13.6. The van der Waals surface area contributed by atoms with Crippen LogP contribution in [0.15, 0.2) is 58.4 Å². The van der Waals surface area contributed by atoms with Crippen molar-refractivity contribution in [2.45, 2.75) is 6.42 Å². The van der Waals surface area contributed by atoms with Crippen molar-refractivity contribution in [3.63, 3.8) is 0 Å². The number of carbonyl (C=O) groups is 1. The maximum atomic E-state index is 13.2. The first-order valence-electron chi connectivity index (χ1n) is 6.86. The first-order chi connectivity index (χ1) is 11.1. The van der Waals surface area contributed by atoms with Crippen LogP contribution in [0.4, 0.5) is 10.1 Å². The number of thiazole rings is 1. The number of hydrogen-bond donors (Lipinski definition) is 1. The summed E-state index contributed by atoms with van der Waals surface area (Å²) in [6.45, 7) is 0. The predicted molar refractivity (Wildman–Crippen MR) is 94.0 cm³/mol. The van der Waals surface area contributed by atoms with Gasteiger partial charge in [0.05, 0.1) is 12.1 Å². The van der Waals surface area contributed by atoms with Crippen LogP contribution in [0.2, 0.25) is 0 Å². The lowest BCUT2D eigenvalue weighted by Crippen LogP contribution is -2.14. The Morgan fingerprint density at radius 3 is 2.74 bits per heavy atom. The summed E-state index contributed by atoms with van der Waals surface area (Å²) in [6.07, 6.45) is 0.182. The molecular weight excluding hydrogens is 379 g/mol. The van der Waals surface area contributed by atoms with Crippen molar-refractivity contribution in [2.75, 3.05) is 5.32 Å². The number of halogens is 2. The smallest absolute Gasteiger partial charge is 0.230 e. The highest BCUT2D eigenvalue weighted by Gasteiger charge is 2.10. The van der Waals surface area contributed by atoms with Gasteiger partial charge in [-0.15, -0.1) is 11.3 Å². The van der Waals surface area contributed by atoms with E-state index >= 15 is 0 Å². The van der Waals surface area contributed by atoms with E-state index in [1.807, 2.05) is 29.6 Å². The highest BCUT2D eigenvalue weighted by Crippen LogP contribution is 2.24. The van der Waals surface area contributed by atoms with Gasteiger partial charge in [-0.05, 0) is 36.4 Å². The lowest BCUT2D eigenvalue weighted by atomic mass is 10.2. The minimum absolute atomic E-state index is 0.136. The van der Waals surface area contributed by atoms with Crippen molar-refractivity contribution in [1.29, 1.82) is 0 Å². The average Bonchev–Trinajstić information content (AvgIpc) is 2.98. The van der Waals surface area contributed by atoms with Crippen LogP contribution in [0.3, 0.4) is 0 Å². The number of aromatic nitrogens is 1. The Balaban J connectivity index is 1.66. The molecule has 0 unspecified atom stereocenters. The molecule has 2 aromatic carbocycles. The zero-order chi connectivity index (χ0) is 16.2. The highest BCUT2D eigenvalue weighted by molar-refractivity contribution is 9.10. The molecule has 0 saturated carbocycles. The normalized spacial score (nSPS) is 10.5. The van der Waals surface area contributed by atoms with Crippen LogP contribution in [-0.2, 0) is 11.2 Å². The zero-order valence-corrected chi connectivity index (χ0v) is 14.3. The average molecular weight is 391 g/mol. The highest BCUT2D eigenvalue weighted by atomic mass is 79.9. The number of rotatable bonds is 4. The van der Waals surface area contributed by atoms with Gasteiger partial charge in [0.1, 0.15) is 10.8 Å². The summed E-state index contributed by atoms with van der Waals surface area (Å²) in [5.74, 6) is -0.435. The molecule has 1 N–H and O–H groups in total.